The topological polar surface area (TPSA) is 108 Å². The molecule has 3 rings (SSSR count). The molecule has 2 aromatic rings. The van der Waals surface area contributed by atoms with E-state index < -0.39 is 10.5 Å². The third-order valence-electron chi connectivity index (χ3n) is 4.35. The Morgan fingerprint density at radius 2 is 2.14 bits per heavy atom. The SMILES string of the molecule is CC(C)(C)OC(=O)N1CCC[C@@H](COc2cnc3cc([N+](=O)[O-])ccc3n2)C1. The number of benzene rings is 1. The van der Waals surface area contributed by atoms with E-state index in [1.165, 1.54) is 18.3 Å². The van der Waals surface area contributed by atoms with E-state index in [1.54, 1.807) is 11.0 Å². The van der Waals surface area contributed by atoms with E-state index in [0.717, 1.165) is 12.8 Å². The van der Waals surface area contributed by atoms with Gasteiger partial charge in [-0.2, -0.15) is 0 Å². The molecular formula is C19H24N4O5. The van der Waals surface area contributed by atoms with Crippen molar-refractivity contribution >= 4 is 22.8 Å². The number of fused-ring (bicyclic) bond motifs is 1. The number of amides is 1. The molecule has 1 aromatic heterocycles. The number of hydrogen-bond acceptors (Lipinski definition) is 7. The molecule has 1 aromatic carbocycles. The van der Waals surface area contributed by atoms with Gasteiger partial charge in [-0.1, -0.05) is 0 Å². The molecular weight excluding hydrogens is 364 g/mol. The van der Waals surface area contributed by atoms with E-state index >= 15 is 0 Å². The Morgan fingerprint density at radius 3 is 2.86 bits per heavy atom. The number of nitrogens with zero attached hydrogens (tertiary/aromatic N) is 4. The zero-order chi connectivity index (χ0) is 20.3. The number of carbonyl (C=O) groups excluding carboxylic acids is 1. The second kappa shape index (κ2) is 7.95. The molecule has 1 aliphatic heterocycles. The minimum atomic E-state index is -0.518. The summed E-state index contributed by atoms with van der Waals surface area (Å²) in [4.78, 5) is 32.9. The van der Waals surface area contributed by atoms with Gasteiger partial charge in [0, 0.05) is 31.1 Å². The van der Waals surface area contributed by atoms with Gasteiger partial charge >= 0.3 is 6.09 Å². The van der Waals surface area contributed by atoms with Gasteiger partial charge in [-0.3, -0.25) is 10.1 Å². The molecule has 0 aliphatic carbocycles. The summed E-state index contributed by atoms with van der Waals surface area (Å²) >= 11 is 0. The fraction of sp³-hybridized carbons (Fsp3) is 0.526. The summed E-state index contributed by atoms with van der Waals surface area (Å²) < 4.78 is 11.2. The summed E-state index contributed by atoms with van der Waals surface area (Å²) in [5.41, 5.74) is 0.424. The second-order valence-corrected chi connectivity index (χ2v) is 7.88. The van der Waals surface area contributed by atoms with Crippen molar-refractivity contribution in [1.82, 2.24) is 14.9 Å². The number of likely N-dealkylation sites (tertiary alicyclic amines) is 1. The van der Waals surface area contributed by atoms with Crippen molar-refractivity contribution in [1.29, 1.82) is 0 Å². The molecule has 1 aliphatic rings. The standard InChI is InChI=1S/C19H24N4O5/c1-19(2,3)28-18(24)22-8-4-5-13(11-22)12-27-17-10-20-16-9-14(23(25)26)6-7-15(16)21-17/h6-7,9-10,13H,4-5,8,11-12H2,1-3H3/t13-/m1/s1. The number of hydrogen-bond donors (Lipinski definition) is 0. The van der Waals surface area contributed by atoms with Crippen molar-refractivity contribution in [2.75, 3.05) is 19.7 Å². The van der Waals surface area contributed by atoms with Gasteiger partial charge in [0.1, 0.15) is 5.60 Å². The molecule has 1 saturated heterocycles. The van der Waals surface area contributed by atoms with Crippen molar-refractivity contribution in [2.24, 2.45) is 5.92 Å². The molecule has 0 bridgehead atoms. The minimum Gasteiger partial charge on any atom is -0.476 e. The molecule has 1 atom stereocenters. The lowest BCUT2D eigenvalue weighted by molar-refractivity contribution is -0.384. The van der Waals surface area contributed by atoms with Crippen LogP contribution in [0.4, 0.5) is 10.5 Å². The highest BCUT2D eigenvalue weighted by Crippen LogP contribution is 2.22. The summed E-state index contributed by atoms with van der Waals surface area (Å²) in [6.07, 6.45) is 3.00. The Morgan fingerprint density at radius 1 is 1.36 bits per heavy atom. The smallest absolute Gasteiger partial charge is 0.410 e. The lowest BCUT2D eigenvalue weighted by atomic mass is 9.99. The molecule has 9 heteroatoms. The van der Waals surface area contributed by atoms with Crippen molar-refractivity contribution in [3.8, 4) is 5.88 Å². The molecule has 0 unspecified atom stereocenters. The fourth-order valence-electron chi connectivity index (χ4n) is 3.06. The van der Waals surface area contributed by atoms with Gasteiger partial charge in [0.25, 0.3) is 5.69 Å². The normalized spacial score (nSPS) is 17.4. The summed E-state index contributed by atoms with van der Waals surface area (Å²) in [6, 6.07) is 4.32. The first-order valence-electron chi connectivity index (χ1n) is 9.23. The Labute approximate surface area is 162 Å². The zero-order valence-corrected chi connectivity index (χ0v) is 16.3. The summed E-state index contributed by atoms with van der Waals surface area (Å²) in [6.45, 7) is 7.21. The van der Waals surface area contributed by atoms with E-state index in [2.05, 4.69) is 9.97 Å². The summed E-state index contributed by atoms with van der Waals surface area (Å²) in [5, 5.41) is 10.8. The highest BCUT2D eigenvalue weighted by atomic mass is 16.6. The number of rotatable bonds is 4. The van der Waals surface area contributed by atoms with Gasteiger partial charge in [-0.25, -0.2) is 14.8 Å². The van der Waals surface area contributed by atoms with Crippen molar-refractivity contribution < 1.29 is 19.2 Å². The number of nitro benzene ring substituents is 1. The predicted octanol–water partition coefficient (Wildman–Crippen LogP) is 3.56. The molecule has 1 amide bonds. The molecule has 1 fully saturated rings. The van der Waals surface area contributed by atoms with Crippen LogP contribution in [0.25, 0.3) is 11.0 Å². The van der Waals surface area contributed by atoms with E-state index in [1.807, 2.05) is 20.8 Å². The average molecular weight is 388 g/mol. The number of nitro groups is 1. The van der Waals surface area contributed by atoms with Gasteiger partial charge in [-0.05, 0) is 39.7 Å². The van der Waals surface area contributed by atoms with Crippen LogP contribution in [-0.4, -0.2) is 51.2 Å². The van der Waals surface area contributed by atoms with Crippen LogP contribution in [0.5, 0.6) is 5.88 Å². The highest BCUT2D eigenvalue weighted by Gasteiger charge is 2.28. The third-order valence-corrected chi connectivity index (χ3v) is 4.35. The minimum absolute atomic E-state index is 0.0279. The lowest BCUT2D eigenvalue weighted by Crippen LogP contribution is -2.44. The highest BCUT2D eigenvalue weighted by molar-refractivity contribution is 5.77. The summed E-state index contributed by atoms with van der Waals surface area (Å²) in [7, 11) is 0. The van der Waals surface area contributed by atoms with Gasteiger partial charge in [0.2, 0.25) is 5.88 Å². The maximum absolute atomic E-state index is 12.2. The van der Waals surface area contributed by atoms with Gasteiger partial charge in [0.05, 0.1) is 28.8 Å². The Kier molecular flexibility index (Phi) is 5.62. The first-order chi connectivity index (χ1) is 13.2. The van der Waals surface area contributed by atoms with Crippen LogP contribution >= 0.6 is 0 Å². The number of aromatic nitrogens is 2. The van der Waals surface area contributed by atoms with Crippen LogP contribution in [-0.2, 0) is 4.74 Å². The molecule has 0 radical (unpaired) electrons. The van der Waals surface area contributed by atoms with E-state index in [9.17, 15) is 14.9 Å². The molecule has 9 nitrogen and oxygen atoms in total. The van der Waals surface area contributed by atoms with E-state index in [-0.39, 0.29) is 17.7 Å². The van der Waals surface area contributed by atoms with Crippen LogP contribution in [0.3, 0.4) is 0 Å². The quantitative estimate of drug-likeness (QED) is 0.582. The molecule has 0 N–H and O–H groups in total. The van der Waals surface area contributed by atoms with Crippen molar-refractivity contribution in [2.45, 2.75) is 39.2 Å². The maximum Gasteiger partial charge on any atom is 0.410 e. The van der Waals surface area contributed by atoms with Crippen LogP contribution < -0.4 is 4.74 Å². The lowest BCUT2D eigenvalue weighted by Gasteiger charge is -2.33. The Bertz CT molecular complexity index is 880. The number of ether oxygens (including phenoxy) is 2. The molecule has 0 spiro atoms. The predicted molar refractivity (Wildman–Crippen MR) is 102 cm³/mol. The largest absolute Gasteiger partial charge is 0.476 e. The Balaban J connectivity index is 1.59. The van der Waals surface area contributed by atoms with Crippen LogP contribution in [0.2, 0.25) is 0 Å². The fourth-order valence-corrected chi connectivity index (χ4v) is 3.06. The Hall–Kier alpha value is -2.97. The van der Waals surface area contributed by atoms with Crippen LogP contribution in [0, 0.1) is 16.0 Å². The third kappa shape index (κ3) is 5.05. The van der Waals surface area contributed by atoms with E-state index in [4.69, 9.17) is 9.47 Å². The van der Waals surface area contributed by atoms with E-state index in [0.29, 0.717) is 36.6 Å². The van der Waals surface area contributed by atoms with Gasteiger partial charge in [0.15, 0.2) is 0 Å². The molecule has 150 valence electrons. The monoisotopic (exact) mass is 388 g/mol. The zero-order valence-electron chi connectivity index (χ0n) is 16.3. The van der Waals surface area contributed by atoms with Crippen LogP contribution in [0.15, 0.2) is 24.4 Å². The van der Waals surface area contributed by atoms with Crippen LogP contribution in [0.1, 0.15) is 33.6 Å². The van der Waals surface area contributed by atoms with Gasteiger partial charge < -0.3 is 14.4 Å². The first kappa shape index (κ1) is 19.8. The second-order valence-electron chi connectivity index (χ2n) is 7.88. The summed E-state index contributed by atoms with van der Waals surface area (Å²) in [5.74, 6) is 0.534. The molecule has 2 heterocycles. The van der Waals surface area contributed by atoms with Crippen molar-refractivity contribution in [3.63, 3.8) is 0 Å². The number of piperidine rings is 1. The van der Waals surface area contributed by atoms with Gasteiger partial charge in [-0.15, -0.1) is 0 Å². The molecule has 0 saturated carbocycles. The van der Waals surface area contributed by atoms with Crippen molar-refractivity contribution in [3.05, 3.63) is 34.5 Å². The number of carbonyl (C=O) groups is 1. The maximum atomic E-state index is 12.2. The molecule has 28 heavy (non-hydrogen) atoms. The number of non-ortho nitro benzene ring substituents is 1. The first-order valence-corrected chi connectivity index (χ1v) is 9.23. The average Bonchev–Trinajstić information content (AvgIpc) is 2.64.